The van der Waals surface area contributed by atoms with Crippen molar-refractivity contribution in [1.82, 2.24) is 9.97 Å². The van der Waals surface area contributed by atoms with Crippen molar-refractivity contribution in [2.75, 3.05) is 11.5 Å². The van der Waals surface area contributed by atoms with E-state index in [9.17, 15) is 16.8 Å². The van der Waals surface area contributed by atoms with Crippen LogP contribution in [0.3, 0.4) is 0 Å². The molecule has 0 aliphatic heterocycles. The van der Waals surface area contributed by atoms with Gasteiger partial charge in [-0.3, -0.25) is 0 Å². The van der Waals surface area contributed by atoms with Crippen molar-refractivity contribution < 1.29 is 37.9 Å². The summed E-state index contributed by atoms with van der Waals surface area (Å²) in [5.74, 6) is 0.209. The summed E-state index contributed by atoms with van der Waals surface area (Å²) in [6.45, 7) is 4.35. The zero-order valence-corrected chi connectivity index (χ0v) is 37.0. The van der Waals surface area contributed by atoms with Crippen LogP contribution in [0.5, 0.6) is 0 Å². The van der Waals surface area contributed by atoms with Gasteiger partial charge in [-0.05, 0) is 48.2 Å². The molecule has 13 heteroatoms. The molecule has 0 aliphatic rings. The third-order valence-electron chi connectivity index (χ3n) is 8.84. The minimum Gasteiger partial charge on any atom is -0.576 e. The largest absolute Gasteiger partial charge is 2.00 e. The van der Waals surface area contributed by atoms with Crippen molar-refractivity contribution in [3.63, 3.8) is 0 Å². The normalized spacial score (nSPS) is 11.5. The summed E-state index contributed by atoms with van der Waals surface area (Å²) in [5, 5.41) is 1.59. The molecule has 0 saturated carbocycles. The number of hydrogen-bond acceptors (Lipinski definition) is 8. The minimum atomic E-state index is -3.49. The number of thiazole rings is 2. The maximum absolute atomic E-state index is 12.5. The minimum absolute atomic E-state index is 0. The van der Waals surface area contributed by atoms with Gasteiger partial charge in [-0.1, -0.05) is 151 Å². The van der Waals surface area contributed by atoms with Crippen molar-refractivity contribution in [2.24, 2.45) is 0 Å². The summed E-state index contributed by atoms with van der Waals surface area (Å²) in [7, 11) is -6.97. The second-order valence-corrected chi connectivity index (χ2v) is 18.9. The van der Waals surface area contributed by atoms with Gasteiger partial charge in [-0.15, -0.1) is 34.0 Å². The van der Waals surface area contributed by atoms with Crippen molar-refractivity contribution in [3.8, 4) is 21.1 Å². The van der Waals surface area contributed by atoms with Gasteiger partial charge in [0.1, 0.15) is 10.0 Å². The van der Waals surface area contributed by atoms with E-state index in [0.717, 1.165) is 67.3 Å². The smallest absolute Gasteiger partial charge is 0.576 e. The van der Waals surface area contributed by atoms with Gasteiger partial charge in [0, 0.05) is 11.5 Å². The van der Waals surface area contributed by atoms with Crippen LogP contribution in [0.25, 0.3) is 51.0 Å². The zero-order valence-electron chi connectivity index (χ0n) is 31.5. The number of sulfonamides is 2. The molecule has 4 aromatic carbocycles. The molecule has 0 amide bonds. The fraction of sp³-hybridized carbons (Fsp3) is 0.381. The van der Waals surface area contributed by atoms with Crippen molar-refractivity contribution in [1.29, 1.82) is 0 Å². The molecule has 0 fully saturated rings. The molecule has 2 heterocycles. The summed E-state index contributed by atoms with van der Waals surface area (Å²) in [6.07, 6.45) is 12.5. The Balaban J connectivity index is 0.000000240. The van der Waals surface area contributed by atoms with Crippen LogP contribution in [0.1, 0.15) is 90.9 Å². The van der Waals surface area contributed by atoms with E-state index in [1.807, 2.05) is 84.9 Å². The van der Waals surface area contributed by atoms with E-state index < -0.39 is 20.0 Å². The first-order valence-corrected chi connectivity index (χ1v) is 23.8. The molecule has 296 valence electrons. The number of hydrogen-bond donors (Lipinski definition) is 0. The fourth-order valence-corrected chi connectivity index (χ4v) is 10.2. The van der Waals surface area contributed by atoms with E-state index >= 15 is 0 Å². The Morgan fingerprint density at radius 1 is 0.473 bits per heavy atom. The molecule has 55 heavy (non-hydrogen) atoms. The van der Waals surface area contributed by atoms with Crippen LogP contribution < -0.4 is 0 Å². The molecular formula is C42H50N4O4PtS4. The third-order valence-corrected chi connectivity index (χ3v) is 13.5. The second kappa shape index (κ2) is 22.6. The predicted molar refractivity (Wildman–Crippen MR) is 230 cm³/mol. The van der Waals surface area contributed by atoms with E-state index in [4.69, 9.17) is 0 Å². The topological polar surface area (TPSA) is 122 Å². The van der Waals surface area contributed by atoms with Crippen LogP contribution in [0.4, 0.5) is 11.4 Å². The standard InChI is InChI=1S/2C21H25N2O2S2.Pt/c2*1-2-3-4-5-6-11-16-27(24,25)23-18-13-8-7-12-17(18)21-22-19-14-9-10-15-20(19)26-21;/h2*7-10,12-15H,2-6,11,16H2,1H3;/q2*-1;+2. The Morgan fingerprint density at radius 3 is 1.22 bits per heavy atom. The van der Waals surface area contributed by atoms with E-state index in [-0.39, 0.29) is 32.6 Å². The van der Waals surface area contributed by atoms with Gasteiger partial charge >= 0.3 is 21.1 Å². The van der Waals surface area contributed by atoms with Gasteiger partial charge in [0.15, 0.2) is 0 Å². The fourth-order valence-electron chi connectivity index (χ4n) is 5.96. The molecule has 2 aromatic heterocycles. The zero-order chi connectivity index (χ0) is 38.2. The second-order valence-electron chi connectivity index (χ2n) is 13.3. The Hall–Kier alpha value is -3.15. The molecule has 6 rings (SSSR count). The van der Waals surface area contributed by atoms with Gasteiger partial charge < -0.3 is 9.44 Å². The molecular weight excluding hydrogens is 948 g/mol. The van der Waals surface area contributed by atoms with Gasteiger partial charge in [0.05, 0.1) is 40.5 Å². The van der Waals surface area contributed by atoms with Gasteiger partial charge in [0.2, 0.25) is 0 Å². The van der Waals surface area contributed by atoms with Crippen molar-refractivity contribution in [2.45, 2.75) is 90.9 Å². The van der Waals surface area contributed by atoms with E-state index in [1.165, 1.54) is 38.5 Å². The average Bonchev–Trinajstić information content (AvgIpc) is 3.80. The van der Waals surface area contributed by atoms with Gasteiger partial charge in [0.25, 0.3) is 0 Å². The maximum atomic E-state index is 12.5. The molecule has 6 aromatic rings. The van der Waals surface area contributed by atoms with Crippen LogP contribution in [0.15, 0.2) is 97.1 Å². The number of fused-ring (bicyclic) bond motifs is 2. The Labute approximate surface area is 350 Å². The van der Waals surface area contributed by atoms with Gasteiger partial charge in [-0.2, -0.15) is 0 Å². The van der Waals surface area contributed by atoms with Crippen LogP contribution in [-0.2, 0) is 41.1 Å². The number of benzene rings is 4. The molecule has 0 atom stereocenters. The summed E-state index contributed by atoms with van der Waals surface area (Å²) in [5.41, 5.74) is 4.32. The monoisotopic (exact) mass is 997 g/mol. The SMILES string of the molecule is CCCCCCCCS(=O)(=O)[N-]c1ccccc1-c1nc2ccccc2s1.CCCCCCCCS(=O)(=O)[N-]c1ccccc1-c1nc2ccccc2s1.[Pt+2]. The number of para-hydroxylation sites is 2. The molecule has 0 N–H and O–H groups in total. The molecule has 0 spiro atoms. The molecule has 0 radical (unpaired) electrons. The molecule has 0 aliphatic carbocycles. The number of aromatic nitrogens is 2. The quantitative estimate of drug-likeness (QED) is 0.0702. The summed E-state index contributed by atoms with van der Waals surface area (Å²) >= 11 is 3.11. The Kier molecular flexibility index (Phi) is 18.3. The van der Waals surface area contributed by atoms with Crippen molar-refractivity contribution >= 4 is 74.5 Å². The van der Waals surface area contributed by atoms with Crippen LogP contribution in [-0.4, -0.2) is 38.3 Å². The summed E-state index contributed by atoms with van der Waals surface area (Å²) in [6, 6.07) is 30.5. The Bertz CT molecular complexity index is 2060. The number of unbranched alkanes of at least 4 members (excludes halogenated alkanes) is 10. The first-order chi connectivity index (χ1) is 26.2. The number of nitrogens with zero attached hydrogens (tertiary/aromatic N) is 4. The molecule has 0 unspecified atom stereocenters. The van der Waals surface area contributed by atoms with E-state index in [0.29, 0.717) is 24.2 Å². The van der Waals surface area contributed by atoms with E-state index in [2.05, 4.69) is 33.3 Å². The molecule has 0 saturated heterocycles. The number of rotatable bonds is 20. The molecule has 0 bridgehead atoms. The molecule has 8 nitrogen and oxygen atoms in total. The first kappa shape index (κ1) is 44.6. The van der Waals surface area contributed by atoms with Crippen LogP contribution in [0, 0.1) is 0 Å². The van der Waals surface area contributed by atoms with Crippen LogP contribution >= 0.6 is 22.7 Å². The van der Waals surface area contributed by atoms with Crippen LogP contribution in [0.2, 0.25) is 0 Å². The van der Waals surface area contributed by atoms with Gasteiger partial charge in [-0.25, -0.2) is 26.8 Å². The Morgan fingerprint density at radius 2 is 0.818 bits per heavy atom. The average molecular weight is 998 g/mol. The summed E-state index contributed by atoms with van der Waals surface area (Å²) < 4.78 is 60.2. The summed E-state index contributed by atoms with van der Waals surface area (Å²) in [4.78, 5) is 9.28. The first-order valence-electron chi connectivity index (χ1n) is 19.0. The van der Waals surface area contributed by atoms with Crippen molar-refractivity contribution in [3.05, 3.63) is 107 Å². The maximum Gasteiger partial charge on any atom is 2.00 e. The predicted octanol–water partition coefficient (Wildman–Crippen LogP) is 13.3. The third kappa shape index (κ3) is 14.1. The van der Waals surface area contributed by atoms with E-state index in [1.54, 1.807) is 34.8 Å².